The fourth-order valence-electron chi connectivity index (χ4n) is 1.23. The molecule has 8 heteroatoms. The molecule has 1 rings (SSSR count). The van der Waals surface area contributed by atoms with Crippen LogP contribution in [0.4, 0.5) is 10.1 Å². The number of nitrogens with two attached hydrogens (primary N) is 2. The molecule has 0 fully saturated rings. The molecule has 0 aliphatic carbocycles. The predicted molar refractivity (Wildman–Crippen MR) is 64.5 cm³/mol. The third-order valence-corrected chi connectivity index (χ3v) is 3.92. The molecule has 1 aromatic rings. The average molecular weight is 275 g/mol. The molecule has 1 unspecified atom stereocenters. The van der Waals surface area contributed by atoms with Crippen LogP contribution in [0, 0.1) is 12.7 Å². The molecule has 100 valence electrons. The van der Waals surface area contributed by atoms with Crippen molar-refractivity contribution < 1.29 is 17.6 Å². The molecule has 0 saturated heterocycles. The topological polar surface area (TPSA) is 115 Å². The first-order valence-electron chi connectivity index (χ1n) is 5.02. The molecule has 0 aliphatic heterocycles. The van der Waals surface area contributed by atoms with Crippen molar-refractivity contribution in [1.29, 1.82) is 0 Å². The molecule has 18 heavy (non-hydrogen) atoms. The summed E-state index contributed by atoms with van der Waals surface area (Å²) in [4.78, 5) is 10.2. The largest absolute Gasteiger partial charge is 0.398 e. The van der Waals surface area contributed by atoms with Crippen LogP contribution in [0.5, 0.6) is 0 Å². The highest BCUT2D eigenvalue weighted by atomic mass is 32.2. The molecular formula is C10H14FN3O3S. The van der Waals surface area contributed by atoms with Gasteiger partial charge in [-0.15, -0.1) is 0 Å². The van der Waals surface area contributed by atoms with Gasteiger partial charge in [0.2, 0.25) is 15.9 Å². The number of carbonyl (C=O) groups excluding carboxylic acids is 1. The molecule has 0 bridgehead atoms. The van der Waals surface area contributed by atoms with Gasteiger partial charge in [0.25, 0.3) is 0 Å². The maximum absolute atomic E-state index is 13.6. The number of benzene rings is 1. The van der Waals surface area contributed by atoms with E-state index < -0.39 is 32.7 Å². The van der Waals surface area contributed by atoms with Gasteiger partial charge in [-0.2, -0.15) is 4.72 Å². The van der Waals surface area contributed by atoms with Gasteiger partial charge in [-0.3, -0.25) is 4.79 Å². The van der Waals surface area contributed by atoms with Crippen molar-refractivity contribution in [3.8, 4) is 0 Å². The van der Waals surface area contributed by atoms with Gasteiger partial charge in [-0.25, -0.2) is 12.8 Å². The summed E-state index contributed by atoms with van der Waals surface area (Å²) in [6.45, 7) is 2.81. The van der Waals surface area contributed by atoms with Crippen LogP contribution in [0.2, 0.25) is 0 Å². The van der Waals surface area contributed by atoms with Crippen LogP contribution in [-0.4, -0.2) is 20.4 Å². The van der Waals surface area contributed by atoms with E-state index in [1.165, 1.54) is 6.92 Å². The Balaban J connectivity index is 3.21. The highest BCUT2D eigenvalue weighted by Gasteiger charge is 2.24. The summed E-state index contributed by atoms with van der Waals surface area (Å²) in [5.41, 5.74) is 11.0. The molecule has 0 saturated carbocycles. The monoisotopic (exact) mass is 275 g/mol. The van der Waals surface area contributed by atoms with Crippen LogP contribution in [0.15, 0.2) is 17.0 Å². The molecule has 0 aromatic heterocycles. The van der Waals surface area contributed by atoms with Crippen molar-refractivity contribution in [1.82, 2.24) is 4.72 Å². The van der Waals surface area contributed by atoms with E-state index in [9.17, 15) is 17.6 Å². The number of anilines is 1. The van der Waals surface area contributed by atoms with Gasteiger partial charge in [0.15, 0.2) is 0 Å². The smallest absolute Gasteiger partial charge is 0.244 e. The van der Waals surface area contributed by atoms with Crippen LogP contribution in [-0.2, 0) is 14.8 Å². The second-order valence-electron chi connectivity index (χ2n) is 3.88. The highest BCUT2D eigenvalue weighted by molar-refractivity contribution is 7.89. The first kappa shape index (κ1) is 14.4. The summed E-state index contributed by atoms with van der Waals surface area (Å²) >= 11 is 0. The Hall–Kier alpha value is -1.67. The van der Waals surface area contributed by atoms with Crippen LogP contribution >= 0.6 is 0 Å². The maximum atomic E-state index is 13.6. The van der Waals surface area contributed by atoms with Crippen molar-refractivity contribution in [2.75, 3.05) is 5.73 Å². The summed E-state index contributed by atoms with van der Waals surface area (Å²) in [5, 5.41) is 0. The normalized spacial score (nSPS) is 13.3. The zero-order valence-corrected chi connectivity index (χ0v) is 10.7. The first-order valence-corrected chi connectivity index (χ1v) is 6.50. The molecule has 0 radical (unpaired) electrons. The number of primary amides is 1. The first-order chi connectivity index (χ1) is 8.15. The number of sulfonamides is 1. The van der Waals surface area contributed by atoms with Crippen molar-refractivity contribution in [2.45, 2.75) is 24.8 Å². The Morgan fingerprint density at radius 2 is 2.00 bits per heavy atom. The quantitative estimate of drug-likeness (QED) is 0.664. The minimum atomic E-state index is -4.18. The standard InChI is InChI=1S/C10H14FN3O3S/c1-5-3-7(11)9(4-8(5)12)18(16,17)14-6(2)10(13)15/h3-4,6,14H,12H2,1-2H3,(H2,13,15). The zero-order valence-electron chi connectivity index (χ0n) is 9.90. The van der Waals surface area contributed by atoms with Gasteiger partial charge in [0.05, 0.1) is 6.04 Å². The average Bonchev–Trinajstić information content (AvgIpc) is 2.22. The molecule has 0 heterocycles. The van der Waals surface area contributed by atoms with E-state index in [2.05, 4.69) is 0 Å². The number of rotatable bonds is 4. The zero-order chi connectivity index (χ0) is 14.1. The third-order valence-electron chi connectivity index (χ3n) is 2.37. The minimum absolute atomic E-state index is 0.142. The molecular weight excluding hydrogens is 261 g/mol. The van der Waals surface area contributed by atoms with Crippen molar-refractivity contribution in [3.05, 3.63) is 23.5 Å². The summed E-state index contributed by atoms with van der Waals surface area (Å²) < 4.78 is 39.2. The van der Waals surface area contributed by atoms with Gasteiger partial charge in [-0.05, 0) is 31.5 Å². The Morgan fingerprint density at radius 3 is 2.50 bits per heavy atom. The number of hydrogen-bond acceptors (Lipinski definition) is 4. The lowest BCUT2D eigenvalue weighted by atomic mass is 10.2. The SMILES string of the molecule is Cc1cc(F)c(S(=O)(=O)NC(C)C(N)=O)cc1N. The number of halogens is 1. The number of nitrogen functional groups attached to an aromatic ring is 1. The van der Waals surface area contributed by atoms with Gasteiger partial charge >= 0.3 is 0 Å². The van der Waals surface area contributed by atoms with E-state index in [4.69, 9.17) is 11.5 Å². The Morgan fingerprint density at radius 1 is 1.44 bits per heavy atom. The predicted octanol–water partition coefficient (Wildman–Crippen LogP) is -0.132. The number of carbonyl (C=O) groups is 1. The summed E-state index contributed by atoms with van der Waals surface area (Å²) in [5.74, 6) is -1.80. The highest BCUT2D eigenvalue weighted by Crippen LogP contribution is 2.21. The second kappa shape index (κ2) is 4.91. The van der Waals surface area contributed by atoms with Gasteiger partial charge in [0.1, 0.15) is 10.7 Å². The molecule has 0 spiro atoms. The van der Waals surface area contributed by atoms with Gasteiger partial charge in [-0.1, -0.05) is 0 Å². The van der Waals surface area contributed by atoms with Crippen molar-refractivity contribution in [2.24, 2.45) is 5.73 Å². The number of aryl methyl sites for hydroxylation is 1. The van der Waals surface area contributed by atoms with Crippen LogP contribution in [0.1, 0.15) is 12.5 Å². The van der Waals surface area contributed by atoms with Crippen molar-refractivity contribution >= 4 is 21.6 Å². The summed E-state index contributed by atoms with van der Waals surface area (Å²) in [6, 6.07) is 0.872. The van der Waals surface area contributed by atoms with E-state index in [1.807, 2.05) is 4.72 Å². The molecule has 1 amide bonds. The number of amides is 1. The fourth-order valence-corrected chi connectivity index (χ4v) is 2.54. The van der Waals surface area contributed by atoms with Gasteiger partial charge < -0.3 is 11.5 Å². The summed E-state index contributed by atoms with van der Waals surface area (Å²) in [7, 11) is -4.18. The number of nitrogens with one attached hydrogen (secondary N) is 1. The molecule has 0 aliphatic rings. The second-order valence-corrected chi connectivity index (χ2v) is 5.57. The van der Waals surface area contributed by atoms with E-state index >= 15 is 0 Å². The maximum Gasteiger partial charge on any atom is 0.244 e. The fraction of sp³-hybridized carbons (Fsp3) is 0.300. The molecule has 1 aromatic carbocycles. The lowest BCUT2D eigenvalue weighted by Gasteiger charge is -2.12. The molecule has 1 atom stereocenters. The van der Waals surface area contributed by atoms with E-state index in [1.54, 1.807) is 6.92 Å². The van der Waals surface area contributed by atoms with Gasteiger partial charge in [0, 0.05) is 5.69 Å². The summed E-state index contributed by atoms with van der Waals surface area (Å²) in [6.07, 6.45) is 0. The Kier molecular flexibility index (Phi) is 3.92. The van der Waals surface area contributed by atoms with E-state index in [0.29, 0.717) is 5.56 Å². The minimum Gasteiger partial charge on any atom is -0.398 e. The third kappa shape index (κ3) is 2.96. The Labute approximate surface area is 104 Å². The molecule has 6 nitrogen and oxygen atoms in total. The molecule has 5 N–H and O–H groups in total. The van der Waals surface area contributed by atoms with Crippen LogP contribution < -0.4 is 16.2 Å². The van der Waals surface area contributed by atoms with Crippen LogP contribution in [0.25, 0.3) is 0 Å². The lowest BCUT2D eigenvalue weighted by Crippen LogP contribution is -2.42. The van der Waals surface area contributed by atoms with Crippen molar-refractivity contribution in [3.63, 3.8) is 0 Å². The Bertz CT molecular complexity index is 586. The van der Waals surface area contributed by atoms with E-state index in [-0.39, 0.29) is 5.69 Å². The van der Waals surface area contributed by atoms with E-state index in [0.717, 1.165) is 12.1 Å². The number of hydrogen-bond donors (Lipinski definition) is 3. The lowest BCUT2D eigenvalue weighted by molar-refractivity contribution is -0.119. The van der Waals surface area contributed by atoms with Crippen LogP contribution in [0.3, 0.4) is 0 Å².